The molecule has 2 unspecified atom stereocenters. The lowest BCUT2D eigenvalue weighted by Gasteiger charge is -2.19. The molecule has 3 rings (SSSR count). The van der Waals surface area contributed by atoms with E-state index in [1.807, 2.05) is 51.1 Å². The van der Waals surface area contributed by atoms with Crippen LogP contribution in [0.25, 0.3) is 0 Å². The van der Waals surface area contributed by atoms with E-state index in [9.17, 15) is 14.7 Å². The normalized spacial score (nSPS) is 19.6. The van der Waals surface area contributed by atoms with E-state index in [0.29, 0.717) is 43.5 Å². The number of amides is 1. The van der Waals surface area contributed by atoms with E-state index >= 15 is 0 Å². The first kappa shape index (κ1) is 21.5. The summed E-state index contributed by atoms with van der Waals surface area (Å²) in [5.74, 6) is -0.628. The van der Waals surface area contributed by atoms with E-state index in [1.165, 1.54) is 0 Å². The average molecular weight is 413 g/mol. The average Bonchev–Trinajstić information content (AvgIpc) is 3.46. The van der Waals surface area contributed by atoms with E-state index in [-0.39, 0.29) is 11.5 Å². The molecule has 0 saturated heterocycles. The molecule has 0 spiro atoms. The second-order valence-corrected chi connectivity index (χ2v) is 7.00. The van der Waals surface area contributed by atoms with Gasteiger partial charge >= 0.3 is 5.97 Å². The summed E-state index contributed by atoms with van der Waals surface area (Å²) in [6, 6.07) is 12.5. The molecule has 1 amide bonds. The zero-order chi connectivity index (χ0) is 21.7. The molecule has 2 N–H and O–H groups in total. The Morgan fingerprint density at radius 2 is 1.57 bits per heavy atom. The maximum atomic E-state index is 13.0. The van der Waals surface area contributed by atoms with Gasteiger partial charge < -0.3 is 24.6 Å². The summed E-state index contributed by atoms with van der Waals surface area (Å²) in [6.45, 7) is 6.68. The molecule has 0 aromatic heterocycles. The van der Waals surface area contributed by atoms with E-state index < -0.39 is 17.4 Å². The number of hydrogen-bond acceptors (Lipinski definition) is 5. The number of carboxylic acids is 1. The van der Waals surface area contributed by atoms with Crippen LogP contribution in [0, 0.1) is 0 Å². The molecule has 0 aliphatic heterocycles. The largest absolute Gasteiger partial charge is 0.490 e. The standard InChI is InChI=1S/C23H27NO6/c1-4-28-18-12-16(13-19(29-5-2)20(18)30-6-3)21(25)24-23(22(26)27)14-17(23)15-10-8-7-9-11-15/h7-13,17H,4-6,14H2,1-3H3,(H,24,25)(H,26,27). The summed E-state index contributed by atoms with van der Waals surface area (Å²) < 4.78 is 17.0. The highest BCUT2D eigenvalue weighted by Gasteiger charge is 2.62. The summed E-state index contributed by atoms with van der Waals surface area (Å²) in [7, 11) is 0. The lowest BCUT2D eigenvalue weighted by atomic mass is 10.1. The van der Waals surface area contributed by atoms with Crippen molar-refractivity contribution in [3.8, 4) is 17.2 Å². The van der Waals surface area contributed by atoms with Crippen LogP contribution in [0.5, 0.6) is 17.2 Å². The van der Waals surface area contributed by atoms with Crippen LogP contribution in [0.1, 0.15) is 49.0 Å². The number of carbonyl (C=O) groups is 2. The molecular weight excluding hydrogens is 386 g/mol. The summed E-state index contributed by atoms with van der Waals surface area (Å²) in [5.41, 5.74) is -0.184. The Bertz CT molecular complexity index is 886. The Balaban J connectivity index is 1.91. The van der Waals surface area contributed by atoms with E-state index in [0.717, 1.165) is 5.56 Å². The first-order valence-electron chi connectivity index (χ1n) is 10.1. The van der Waals surface area contributed by atoms with E-state index in [4.69, 9.17) is 14.2 Å². The van der Waals surface area contributed by atoms with Gasteiger partial charge in [0.25, 0.3) is 5.91 Å². The minimum absolute atomic E-state index is 0.254. The molecule has 1 fully saturated rings. The summed E-state index contributed by atoms with van der Waals surface area (Å²) in [5, 5.41) is 12.6. The third-order valence-electron chi connectivity index (χ3n) is 5.05. The molecule has 7 heteroatoms. The van der Waals surface area contributed by atoms with Crippen LogP contribution in [0.3, 0.4) is 0 Å². The van der Waals surface area contributed by atoms with Crippen molar-refractivity contribution in [2.45, 2.75) is 38.6 Å². The quantitative estimate of drug-likeness (QED) is 0.618. The zero-order valence-electron chi connectivity index (χ0n) is 17.4. The SMILES string of the molecule is CCOc1cc(C(=O)NC2(C(=O)O)CC2c2ccccc2)cc(OCC)c1OCC. The molecule has 2 atom stereocenters. The van der Waals surface area contributed by atoms with Gasteiger partial charge in [-0.3, -0.25) is 4.79 Å². The highest BCUT2D eigenvalue weighted by Crippen LogP contribution is 2.52. The van der Waals surface area contributed by atoms with Crippen LogP contribution in [-0.2, 0) is 4.79 Å². The van der Waals surface area contributed by atoms with Crippen LogP contribution in [0.2, 0.25) is 0 Å². The van der Waals surface area contributed by atoms with Gasteiger partial charge in [0, 0.05) is 11.5 Å². The summed E-state index contributed by atoms with van der Waals surface area (Å²) >= 11 is 0. The maximum Gasteiger partial charge on any atom is 0.330 e. The number of benzene rings is 2. The van der Waals surface area contributed by atoms with Crippen LogP contribution in [-0.4, -0.2) is 42.3 Å². The Hall–Kier alpha value is -3.22. The van der Waals surface area contributed by atoms with E-state index in [1.54, 1.807) is 12.1 Å². The predicted molar refractivity (Wildman–Crippen MR) is 112 cm³/mol. The summed E-state index contributed by atoms with van der Waals surface area (Å²) in [6.07, 6.45) is 0.339. The molecule has 0 heterocycles. The fourth-order valence-corrected chi connectivity index (χ4v) is 3.57. The van der Waals surface area contributed by atoms with Crippen molar-refractivity contribution in [1.29, 1.82) is 0 Å². The van der Waals surface area contributed by atoms with Crippen LogP contribution < -0.4 is 19.5 Å². The molecule has 1 saturated carbocycles. The monoisotopic (exact) mass is 413 g/mol. The molecule has 2 aromatic rings. The van der Waals surface area contributed by atoms with Crippen LogP contribution in [0.15, 0.2) is 42.5 Å². The van der Waals surface area contributed by atoms with Gasteiger partial charge in [0.2, 0.25) is 5.75 Å². The number of carbonyl (C=O) groups excluding carboxylic acids is 1. The highest BCUT2D eigenvalue weighted by molar-refractivity contribution is 6.00. The Labute approximate surface area is 176 Å². The third kappa shape index (κ3) is 4.20. The van der Waals surface area contributed by atoms with Crippen molar-refractivity contribution in [2.75, 3.05) is 19.8 Å². The van der Waals surface area contributed by atoms with Crippen LogP contribution in [0.4, 0.5) is 0 Å². The molecule has 0 radical (unpaired) electrons. The van der Waals surface area contributed by atoms with Gasteiger partial charge in [0.1, 0.15) is 5.54 Å². The van der Waals surface area contributed by atoms with Crippen molar-refractivity contribution < 1.29 is 28.9 Å². The number of aliphatic carboxylic acids is 1. The van der Waals surface area contributed by atoms with Crippen molar-refractivity contribution in [2.24, 2.45) is 0 Å². The molecule has 30 heavy (non-hydrogen) atoms. The first-order chi connectivity index (χ1) is 14.5. The van der Waals surface area contributed by atoms with Gasteiger partial charge in [-0.2, -0.15) is 0 Å². The smallest absolute Gasteiger partial charge is 0.330 e. The maximum absolute atomic E-state index is 13.0. The molecule has 0 bridgehead atoms. The Morgan fingerprint density at radius 1 is 1.00 bits per heavy atom. The zero-order valence-corrected chi connectivity index (χ0v) is 17.4. The molecular formula is C23H27NO6. The minimum atomic E-state index is -1.32. The first-order valence-corrected chi connectivity index (χ1v) is 10.1. The second-order valence-electron chi connectivity index (χ2n) is 7.00. The third-order valence-corrected chi connectivity index (χ3v) is 5.05. The minimum Gasteiger partial charge on any atom is -0.490 e. The number of rotatable bonds is 10. The highest BCUT2D eigenvalue weighted by atomic mass is 16.5. The Kier molecular flexibility index (Phi) is 6.50. The lowest BCUT2D eigenvalue weighted by Crippen LogP contribution is -2.44. The van der Waals surface area contributed by atoms with Gasteiger partial charge in [-0.15, -0.1) is 0 Å². The van der Waals surface area contributed by atoms with Crippen molar-refractivity contribution in [1.82, 2.24) is 5.32 Å². The topological polar surface area (TPSA) is 94.1 Å². The second kappa shape index (κ2) is 9.07. The van der Waals surface area contributed by atoms with Gasteiger partial charge in [-0.25, -0.2) is 4.79 Å². The molecule has 2 aromatic carbocycles. The number of ether oxygens (including phenoxy) is 3. The molecule has 7 nitrogen and oxygen atoms in total. The fourth-order valence-electron chi connectivity index (χ4n) is 3.57. The Morgan fingerprint density at radius 3 is 2.07 bits per heavy atom. The van der Waals surface area contributed by atoms with Gasteiger partial charge in [0.15, 0.2) is 11.5 Å². The predicted octanol–water partition coefficient (Wildman–Crippen LogP) is 3.62. The number of carboxylic acid groups (broad SMARTS) is 1. The van der Waals surface area contributed by atoms with Gasteiger partial charge in [0.05, 0.1) is 19.8 Å². The van der Waals surface area contributed by atoms with Crippen molar-refractivity contribution in [3.05, 3.63) is 53.6 Å². The van der Waals surface area contributed by atoms with Crippen LogP contribution >= 0.6 is 0 Å². The molecule has 1 aliphatic carbocycles. The van der Waals surface area contributed by atoms with Crippen molar-refractivity contribution in [3.63, 3.8) is 0 Å². The van der Waals surface area contributed by atoms with Crippen molar-refractivity contribution >= 4 is 11.9 Å². The number of hydrogen-bond donors (Lipinski definition) is 2. The fraction of sp³-hybridized carbons (Fsp3) is 0.391. The summed E-state index contributed by atoms with van der Waals surface area (Å²) in [4.78, 5) is 25.1. The molecule has 1 aliphatic rings. The van der Waals surface area contributed by atoms with Gasteiger partial charge in [-0.1, -0.05) is 30.3 Å². The lowest BCUT2D eigenvalue weighted by molar-refractivity contribution is -0.140. The van der Waals surface area contributed by atoms with E-state index in [2.05, 4.69) is 5.32 Å². The molecule has 160 valence electrons. The van der Waals surface area contributed by atoms with Gasteiger partial charge in [-0.05, 0) is 44.9 Å². The number of nitrogens with one attached hydrogen (secondary N) is 1.